The quantitative estimate of drug-likeness (QED) is 0.324. The van der Waals surface area contributed by atoms with E-state index in [1.807, 2.05) is 6.07 Å². The molecule has 0 bridgehead atoms. The van der Waals surface area contributed by atoms with Crippen LogP contribution in [0.2, 0.25) is 0 Å². The fourth-order valence-electron chi connectivity index (χ4n) is 5.61. The van der Waals surface area contributed by atoms with Crippen molar-refractivity contribution in [3.05, 3.63) is 106 Å². The van der Waals surface area contributed by atoms with Crippen molar-refractivity contribution in [2.75, 3.05) is 0 Å². The van der Waals surface area contributed by atoms with Crippen molar-refractivity contribution in [2.45, 2.75) is 59.0 Å². The van der Waals surface area contributed by atoms with Gasteiger partial charge in [-0.25, -0.2) is 4.98 Å². The molecule has 0 aliphatic heterocycles. The third-order valence-electron chi connectivity index (χ3n) is 7.10. The summed E-state index contributed by atoms with van der Waals surface area (Å²) in [6, 6.07) is 25.6. The molecule has 0 spiro atoms. The van der Waals surface area contributed by atoms with E-state index < -0.39 is 5.60 Å². The summed E-state index contributed by atoms with van der Waals surface area (Å²) >= 11 is 0. The van der Waals surface area contributed by atoms with Gasteiger partial charge in [-0.1, -0.05) is 98.5 Å². The fraction of sp³-hybridized carbons (Fsp3) is 0.281. The largest absolute Gasteiger partial charge is 0.381 e. The third-order valence-corrected chi connectivity index (χ3v) is 7.10. The number of aromatic nitrogens is 1. The van der Waals surface area contributed by atoms with E-state index in [0.717, 1.165) is 58.1 Å². The number of aliphatic hydroxyl groups is 1. The Balaban J connectivity index is 1.97. The molecule has 1 aliphatic carbocycles. The fourth-order valence-corrected chi connectivity index (χ4v) is 5.61. The lowest BCUT2D eigenvalue weighted by atomic mass is 9.81. The average Bonchev–Trinajstić information content (AvgIpc) is 3.09. The first-order valence-corrected chi connectivity index (χ1v) is 12.5. The molecule has 34 heavy (non-hydrogen) atoms. The summed E-state index contributed by atoms with van der Waals surface area (Å²) in [6.07, 6.45) is 3.42. The van der Waals surface area contributed by atoms with Gasteiger partial charge in [-0.15, -0.1) is 0 Å². The summed E-state index contributed by atoms with van der Waals surface area (Å²) in [4.78, 5) is 5.19. The van der Waals surface area contributed by atoms with Crippen LogP contribution < -0.4 is 0 Å². The van der Waals surface area contributed by atoms with E-state index in [-0.39, 0.29) is 0 Å². The average molecular weight is 448 g/mol. The Kier molecular flexibility index (Phi) is 5.87. The van der Waals surface area contributed by atoms with Gasteiger partial charge in [0.15, 0.2) is 0 Å². The molecule has 1 N–H and O–H groups in total. The molecule has 1 aliphatic rings. The van der Waals surface area contributed by atoms with Crippen LogP contribution in [-0.2, 0) is 5.60 Å². The summed E-state index contributed by atoms with van der Waals surface area (Å²) in [6.45, 7) is 8.61. The number of rotatable bonds is 6. The van der Waals surface area contributed by atoms with E-state index in [1.165, 1.54) is 22.3 Å². The number of hydrogen-bond donors (Lipinski definition) is 1. The first-order valence-electron chi connectivity index (χ1n) is 12.5. The van der Waals surface area contributed by atoms with Crippen LogP contribution in [0.1, 0.15) is 67.3 Å². The minimum absolute atomic E-state index is 0.684. The van der Waals surface area contributed by atoms with Crippen LogP contribution in [0.25, 0.3) is 27.7 Å². The molecule has 0 radical (unpaired) electrons. The molecule has 1 unspecified atom stereocenters. The van der Waals surface area contributed by atoms with E-state index >= 15 is 0 Å². The van der Waals surface area contributed by atoms with E-state index in [9.17, 15) is 5.11 Å². The molecule has 0 saturated carbocycles. The van der Waals surface area contributed by atoms with Gasteiger partial charge in [0.05, 0.1) is 11.2 Å². The summed E-state index contributed by atoms with van der Waals surface area (Å²) in [5.41, 5.74) is 10.0. The SMILES string of the molecule is CCCC1=C(c2ccc(C)cc2)c2c(c(-c3ccccc3)nc3ccc(C)cc23)C1(O)CCC. The number of aryl methyl sites for hydroxylation is 2. The molecule has 0 saturated heterocycles. The minimum Gasteiger partial charge on any atom is -0.381 e. The van der Waals surface area contributed by atoms with Crippen LogP contribution in [0.5, 0.6) is 0 Å². The smallest absolute Gasteiger partial charge is 0.114 e. The molecule has 0 fully saturated rings. The molecular formula is C32H33NO. The van der Waals surface area contributed by atoms with Crippen molar-refractivity contribution < 1.29 is 5.11 Å². The zero-order valence-corrected chi connectivity index (χ0v) is 20.7. The second-order valence-electron chi connectivity index (χ2n) is 9.68. The number of fused-ring (bicyclic) bond motifs is 3. The van der Waals surface area contributed by atoms with Gasteiger partial charge >= 0.3 is 0 Å². The standard InChI is InChI=1S/C32H33NO/c1-5-10-26-28(23-16-13-21(3)14-17-23)29-25-20-22(4)15-18-27(25)33-31(24-11-8-7-9-12-24)30(29)32(26,34)19-6-2/h7-9,11-18,20,34H,5-6,10,19H2,1-4H3. The Morgan fingerprint density at radius 2 is 1.50 bits per heavy atom. The van der Waals surface area contributed by atoms with Crippen molar-refractivity contribution in [3.63, 3.8) is 0 Å². The maximum Gasteiger partial charge on any atom is 0.114 e. The van der Waals surface area contributed by atoms with Crippen LogP contribution in [0.3, 0.4) is 0 Å². The molecule has 3 aromatic carbocycles. The van der Waals surface area contributed by atoms with Crippen molar-refractivity contribution in [3.8, 4) is 11.3 Å². The molecular weight excluding hydrogens is 414 g/mol. The first kappa shape index (κ1) is 22.6. The Hall–Kier alpha value is -3.23. The van der Waals surface area contributed by atoms with Crippen molar-refractivity contribution in [2.24, 2.45) is 0 Å². The van der Waals surface area contributed by atoms with Gasteiger partial charge in [-0.3, -0.25) is 0 Å². The molecule has 0 amide bonds. The van der Waals surface area contributed by atoms with Crippen molar-refractivity contribution >= 4 is 16.5 Å². The summed E-state index contributed by atoms with van der Waals surface area (Å²) < 4.78 is 0. The number of benzene rings is 3. The molecule has 1 aromatic heterocycles. The predicted molar refractivity (Wildman–Crippen MR) is 143 cm³/mol. The van der Waals surface area contributed by atoms with Gasteiger partial charge in [0.1, 0.15) is 5.60 Å². The minimum atomic E-state index is -1.03. The second kappa shape index (κ2) is 8.85. The Morgan fingerprint density at radius 3 is 2.18 bits per heavy atom. The van der Waals surface area contributed by atoms with E-state index in [4.69, 9.17) is 4.98 Å². The second-order valence-corrected chi connectivity index (χ2v) is 9.68. The molecule has 2 heteroatoms. The predicted octanol–water partition coefficient (Wildman–Crippen LogP) is 8.12. The highest BCUT2D eigenvalue weighted by molar-refractivity contribution is 6.04. The molecule has 5 rings (SSSR count). The first-order chi connectivity index (χ1) is 16.5. The van der Waals surface area contributed by atoms with E-state index in [1.54, 1.807) is 0 Å². The highest BCUT2D eigenvalue weighted by atomic mass is 16.3. The highest BCUT2D eigenvalue weighted by Gasteiger charge is 2.46. The highest BCUT2D eigenvalue weighted by Crippen LogP contribution is 2.55. The van der Waals surface area contributed by atoms with Gasteiger partial charge in [0.25, 0.3) is 0 Å². The molecule has 2 nitrogen and oxygen atoms in total. The number of hydrogen-bond acceptors (Lipinski definition) is 2. The third kappa shape index (κ3) is 3.58. The summed E-state index contributed by atoms with van der Waals surface area (Å²) in [5.74, 6) is 0. The van der Waals surface area contributed by atoms with Crippen molar-refractivity contribution in [1.82, 2.24) is 4.98 Å². The normalized spacial score (nSPS) is 17.4. The van der Waals surface area contributed by atoms with Gasteiger partial charge < -0.3 is 5.11 Å². The maximum atomic E-state index is 12.6. The van der Waals surface area contributed by atoms with Crippen molar-refractivity contribution in [1.29, 1.82) is 0 Å². The van der Waals surface area contributed by atoms with E-state index in [0.29, 0.717) is 6.42 Å². The van der Waals surface area contributed by atoms with Crippen LogP contribution in [-0.4, -0.2) is 10.1 Å². The van der Waals surface area contributed by atoms with Crippen LogP contribution in [0.4, 0.5) is 0 Å². The van der Waals surface area contributed by atoms with Gasteiger partial charge in [-0.05, 0) is 55.5 Å². The maximum absolute atomic E-state index is 12.6. The van der Waals surface area contributed by atoms with Crippen LogP contribution in [0, 0.1) is 13.8 Å². The molecule has 4 aromatic rings. The lowest BCUT2D eigenvalue weighted by molar-refractivity contribution is 0.0663. The van der Waals surface area contributed by atoms with Crippen LogP contribution in [0.15, 0.2) is 78.4 Å². The van der Waals surface area contributed by atoms with Gasteiger partial charge in [0, 0.05) is 22.1 Å². The molecule has 1 heterocycles. The zero-order chi connectivity index (χ0) is 23.9. The lowest BCUT2D eigenvalue weighted by Crippen LogP contribution is -2.27. The number of pyridine rings is 1. The Bertz CT molecular complexity index is 1380. The van der Waals surface area contributed by atoms with E-state index in [2.05, 4.69) is 94.4 Å². The monoisotopic (exact) mass is 447 g/mol. The Labute approximate surface area is 203 Å². The van der Waals surface area contributed by atoms with Crippen LogP contribution >= 0.6 is 0 Å². The summed E-state index contributed by atoms with van der Waals surface area (Å²) in [5, 5.41) is 13.7. The topological polar surface area (TPSA) is 33.1 Å². The Morgan fingerprint density at radius 1 is 0.794 bits per heavy atom. The van der Waals surface area contributed by atoms with Gasteiger partial charge in [-0.2, -0.15) is 0 Å². The summed E-state index contributed by atoms with van der Waals surface area (Å²) in [7, 11) is 0. The number of nitrogens with zero attached hydrogens (tertiary/aromatic N) is 1. The van der Waals surface area contributed by atoms with Gasteiger partial charge in [0.2, 0.25) is 0 Å². The lowest BCUT2D eigenvalue weighted by Gasteiger charge is -2.30. The zero-order valence-electron chi connectivity index (χ0n) is 20.7. The molecule has 172 valence electrons. The molecule has 1 atom stereocenters.